The molecule has 4 nitrogen and oxygen atoms in total. The first-order valence-electron chi connectivity index (χ1n) is 6.35. The van der Waals surface area contributed by atoms with Crippen LogP contribution in [0.4, 0.5) is 0 Å². The maximum Gasteiger partial charge on any atom is 0.234 e. The van der Waals surface area contributed by atoms with Gasteiger partial charge in [-0.25, -0.2) is 0 Å². The van der Waals surface area contributed by atoms with E-state index in [4.69, 9.17) is 0 Å². The Kier molecular flexibility index (Phi) is 4.37. The van der Waals surface area contributed by atoms with Gasteiger partial charge in [-0.3, -0.25) is 9.69 Å². The van der Waals surface area contributed by atoms with Gasteiger partial charge >= 0.3 is 0 Å². The van der Waals surface area contributed by atoms with Crippen LogP contribution >= 0.6 is 11.3 Å². The highest BCUT2D eigenvalue weighted by Crippen LogP contribution is 2.23. The summed E-state index contributed by atoms with van der Waals surface area (Å²) in [4.78, 5) is 14.9. The molecule has 0 saturated carbocycles. The van der Waals surface area contributed by atoms with Gasteiger partial charge in [0.15, 0.2) is 0 Å². The molecule has 18 heavy (non-hydrogen) atoms. The van der Waals surface area contributed by atoms with E-state index in [1.807, 2.05) is 23.3 Å². The minimum atomic E-state index is -0.558. The summed E-state index contributed by atoms with van der Waals surface area (Å²) in [6.45, 7) is 4.28. The molecule has 1 aliphatic heterocycles. The average Bonchev–Trinajstić information content (AvgIpc) is 2.79. The Morgan fingerprint density at radius 1 is 1.61 bits per heavy atom. The Bertz CT molecular complexity index is 386. The van der Waals surface area contributed by atoms with Gasteiger partial charge < -0.3 is 10.4 Å². The van der Waals surface area contributed by atoms with Gasteiger partial charge in [-0.1, -0.05) is 13.0 Å². The molecule has 0 atom stereocenters. The van der Waals surface area contributed by atoms with E-state index in [1.54, 1.807) is 11.3 Å². The fraction of sp³-hybridized carbons (Fsp3) is 0.615. The van der Waals surface area contributed by atoms with Gasteiger partial charge in [-0.2, -0.15) is 0 Å². The lowest BCUT2D eigenvalue weighted by molar-refractivity contribution is -0.132. The first-order valence-corrected chi connectivity index (χ1v) is 7.23. The number of β-amino-alcohol motifs (C(OH)–C–C–N with tert-alkyl or cyclic N) is 1. The second kappa shape index (κ2) is 5.82. The molecule has 2 heterocycles. The zero-order valence-electron chi connectivity index (χ0n) is 10.7. The van der Waals surface area contributed by atoms with Crippen LogP contribution in [-0.2, 0) is 11.2 Å². The van der Waals surface area contributed by atoms with Crippen LogP contribution < -0.4 is 5.32 Å². The number of amides is 1. The van der Waals surface area contributed by atoms with Crippen LogP contribution in [0.1, 0.15) is 18.2 Å². The summed E-state index contributed by atoms with van der Waals surface area (Å²) in [5.41, 5.74) is -0.558. The predicted octanol–water partition coefficient (Wildman–Crippen LogP) is 0.863. The molecule has 0 radical (unpaired) electrons. The van der Waals surface area contributed by atoms with Crippen LogP contribution in [0.5, 0.6) is 0 Å². The Labute approximate surface area is 112 Å². The monoisotopic (exact) mass is 268 g/mol. The topological polar surface area (TPSA) is 52.6 Å². The highest BCUT2D eigenvalue weighted by Gasteiger charge is 2.39. The Morgan fingerprint density at radius 2 is 2.39 bits per heavy atom. The average molecular weight is 268 g/mol. The fourth-order valence-electron chi connectivity index (χ4n) is 2.16. The lowest BCUT2D eigenvalue weighted by Gasteiger charge is -2.45. The predicted molar refractivity (Wildman–Crippen MR) is 72.7 cm³/mol. The van der Waals surface area contributed by atoms with E-state index in [9.17, 15) is 9.90 Å². The second-order valence-electron chi connectivity index (χ2n) is 4.90. The molecule has 1 amide bonds. The van der Waals surface area contributed by atoms with Gasteiger partial charge in [0.1, 0.15) is 0 Å². The van der Waals surface area contributed by atoms with Crippen molar-refractivity contribution in [3.8, 4) is 0 Å². The molecule has 1 fully saturated rings. The number of thiophene rings is 1. The van der Waals surface area contributed by atoms with Crippen LogP contribution in [0.2, 0.25) is 0 Å². The van der Waals surface area contributed by atoms with Crippen LogP contribution in [0.15, 0.2) is 17.5 Å². The number of likely N-dealkylation sites (tertiary alicyclic amines) is 1. The van der Waals surface area contributed by atoms with E-state index in [-0.39, 0.29) is 5.91 Å². The number of aliphatic hydroxyl groups is 1. The largest absolute Gasteiger partial charge is 0.387 e. The van der Waals surface area contributed by atoms with Gasteiger partial charge in [0.25, 0.3) is 0 Å². The molecule has 2 rings (SSSR count). The van der Waals surface area contributed by atoms with E-state index >= 15 is 0 Å². The molecule has 0 bridgehead atoms. The summed E-state index contributed by atoms with van der Waals surface area (Å²) in [5, 5.41) is 14.8. The minimum absolute atomic E-state index is 0.0460. The van der Waals surface area contributed by atoms with Gasteiger partial charge in [0, 0.05) is 24.5 Å². The van der Waals surface area contributed by atoms with E-state index in [2.05, 4.69) is 11.4 Å². The van der Waals surface area contributed by atoms with Gasteiger partial charge in [0.2, 0.25) is 5.91 Å². The maximum atomic E-state index is 11.6. The maximum absolute atomic E-state index is 11.6. The van der Waals surface area contributed by atoms with Crippen molar-refractivity contribution in [3.63, 3.8) is 0 Å². The third-order valence-corrected chi connectivity index (χ3v) is 4.27. The number of hydrogen-bond donors (Lipinski definition) is 2. The van der Waals surface area contributed by atoms with Crippen LogP contribution in [-0.4, -0.2) is 47.7 Å². The van der Waals surface area contributed by atoms with Crippen molar-refractivity contribution in [2.75, 3.05) is 26.2 Å². The molecule has 1 aromatic heterocycles. The van der Waals surface area contributed by atoms with Crippen molar-refractivity contribution in [1.82, 2.24) is 10.2 Å². The summed E-state index contributed by atoms with van der Waals surface area (Å²) >= 11 is 1.71. The lowest BCUT2D eigenvalue weighted by atomic mass is 9.91. The van der Waals surface area contributed by atoms with E-state index in [0.29, 0.717) is 26.2 Å². The van der Waals surface area contributed by atoms with Crippen molar-refractivity contribution >= 4 is 17.2 Å². The Balaban J connectivity index is 1.59. The van der Waals surface area contributed by atoms with Gasteiger partial charge in [0.05, 0.1) is 12.1 Å². The summed E-state index contributed by atoms with van der Waals surface area (Å²) in [6.07, 6.45) is 1.64. The third-order valence-electron chi connectivity index (χ3n) is 3.33. The molecule has 5 heteroatoms. The minimum Gasteiger partial charge on any atom is -0.387 e. The molecule has 1 aromatic rings. The van der Waals surface area contributed by atoms with E-state index in [1.165, 1.54) is 4.88 Å². The van der Waals surface area contributed by atoms with Crippen molar-refractivity contribution in [2.24, 2.45) is 0 Å². The quantitative estimate of drug-likeness (QED) is 0.805. The zero-order chi connectivity index (χ0) is 13.0. The standard InChI is InChI=1S/C13H20N2O2S/c1-2-13(17)9-15(10-13)8-12(16)14-6-5-11-4-3-7-18-11/h3-4,7,17H,2,5-6,8-10H2,1H3,(H,14,16). The van der Waals surface area contributed by atoms with Gasteiger partial charge in [-0.05, 0) is 24.3 Å². The summed E-state index contributed by atoms with van der Waals surface area (Å²) < 4.78 is 0. The Hall–Kier alpha value is -0.910. The molecule has 2 N–H and O–H groups in total. The smallest absolute Gasteiger partial charge is 0.234 e. The molecule has 0 unspecified atom stereocenters. The number of carbonyl (C=O) groups excluding carboxylic acids is 1. The molecular weight excluding hydrogens is 248 g/mol. The number of hydrogen-bond acceptors (Lipinski definition) is 4. The summed E-state index contributed by atoms with van der Waals surface area (Å²) in [5.74, 6) is 0.0460. The number of nitrogens with one attached hydrogen (secondary N) is 1. The van der Waals surface area contributed by atoms with E-state index in [0.717, 1.165) is 12.8 Å². The first kappa shape index (κ1) is 13.5. The summed E-state index contributed by atoms with van der Waals surface area (Å²) in [6, 6.07) is 4.10. The summed E-state index contributed by atoms with van der Waals surface area (Å²) in [7, 11) is 0. The van der Waals surface area contributed by atoms with Gasteiger partial charge in [-0.15, -0.1) is 11.3 Å². The number of rotatable bonds is 6. The number of nitrogens with zero attached hydrogens (tertiary/aromatic N) is 1. The van der Waals surface area contributed by atoms with Crippen molar-refractivity contribution < 1.29 is 9.90 Å². The highest BCUT2D eigenvalue weighted by molar-refractivity contribution is 7.09. The molecular formula is C13H20N2O2S. The fourth-order valence-corrected chi connectivity index (χ4v) is 2.87. The molecule has 0 aliphatic carbocycles. The van der Waals surface area contributed by atoms with Crippen molar-refractivity contribution in [3.05, 3.63) is 22.4 Å². The molecule has 100 valence electrons. The molecule has 0 aromatic carbocycles. The van der Waals surface area contributed by atoms with E-state index < -0.39 is 5.60 Å². The molecule has 1 saturated heterocycles. The zero-order valence-corrected chi connectivity index (χ0v) is 11.5. The normalized spacial score (nSPS) is 18.3. The van der Waals surface area contributed by atoms with Crippen LogP contribution in [0.25, 0.3) is 0 Å². The Morgan fingerprint density at radius 3 is 3.00 bits per heavy atom. The molecule has 1 aliphatic rings. The lowest BCUT2D eigenvalue weighted by Crippen LogP contribution is -2.63. The third kappa shape index (κ3) is 3.54. The van der Waals surface area contributed by atoms with Crippen LogP contribution in [0, 0.1) is 0 Å². The van der Waals surface area contributed by atoms with Crippen molar-refractivity contribution in [2.45, 2.75) is 25.4 Å². The van der Waals surface area contributed by atoms with Crippen molar-refractivity contribution in [1.29, 1.82) is 0 Å². The SMILES string of the molecule is CCC1(O)CN(CC(=O)NCCc2cccs2)C1. The highest BCUT2D eigenvalue weighted by atomic mass is 32.1. The number of carbonyl (C=O) groups is 1. The first-order chi connectivity index (χ1) is 8.61. The molecule has 0 spiro atoms. The van der Waals surface area contributed by atoms with Crippen LogP contribution in [0.3, 0.4) is 0 Å². The second-order valence-corrected chi connectivity index (χ2v) is 5.93.